The van der Waals surface area contributed by atoms with E-state index in [1.165, 1.54) is 6.07 Å². The van der Waals surface area contributed by atoms with E-state index >= 15 is 0 Å². The van der Waals surface area contributed by atoms with E-state index in [1.807, 2.05) is 0 Å². The zero-order chi connectivity index (χ0) is 14.1. The highest BCUT2D eigenvalue weighted by atomic mass is 32.2. The Bertz CT molecular complexity index is 646. The van der Waals surface area contributed by atoms with E-state index < -0.39 is 31.0 Å². The van der Waals surface area contributed by atoms with Gasteiger partial charge in [0, 0.05) is 12.6 Å². The van der Waals surface area contributed by atoms with E-state index in [4.69, 9.17) is 0 Å². The third kappa shape index (κ3) is 3.07. The standard InChI is InChI=1S/C11H15NO4S3/c1-2-5-12-9-7-18(13,14)8-10(9)19(15,16)11-4-3-6-17-11/h2-4,6,9-10,12H,1,5,7-8H2. The Morgan fingerprint density at radius 3 is 2.79 bits per heavy atom. The molecule has 5 nitrogen and oxygen atoms in total. The lowest BCUT2D eigenvalue weighted by Crippen LogP contribution is -2.43. The molecular weight excluding hydrogens is 306 g/mol. The van der Waals surface area contributed by atoms with Crippen molar-refractivity contribution in [3.05, 3.63) is 30.2 Å². The van der Waals surface area contributed by atoms with Crippen molar-refractivity contribution in [2.75, 3.05) is 18.1 Å². The Morgan fingerprint density at radius 2 is 2.21 bits per heavy atom. The number of sulfone groups is 2. The van der Waals surface area contributed by atoms with Gasteiger partial charge in [0.2, 0.25) is 0 Å². The number of nitrogens with one attached hydrogen (secondary N) is 1. The molecule has 2 atom stereocenters. The Hall–Kier alpha value is -0.700. The van der Waals surface area contributed by atoms with Gasteiger partial charge in [-0.1, -0.05) is 12.1 Å². The molecule has 0 saturated carbocycles. The molecule has 1 aromatic rings. The summed E-state index contributed by atoms with van der Waals surface area (Å²) in [7, 11) is -6.92. The minimum absolute atomic E-state index is 0.143. The van der Waals surface area contributed by atoms with E-state index in [-0.39, 0.29) is 15.7 Å². The van der Waals surface area contributed by atoms with Crippen LogP contribution >= 0.6 is 11.3 Å². The second-order valence-electron chi connectivity index (χ2n) is 4.40. The van der Waals surface area contributed by atoms with Gasteiger partial charge in [0.1, 0.15) is 4.21 Å². The molecule has 1 N–H and O–H groups in total. The highest BCUT2D eigenvalue weighted by Gasteiger charge is 2.45. The van der Waals surface area contributed by atoms with Crippen LogP contribution in [0.25, 0.3) is 0 Å². The van der Waals surface area contributed by atoms with E-state index in [0.717, 1.165) is 11.3 Å². The smallest absolute Gasteiger partial charge is 0.193 e. The molecule has 0 bridgehead atoms. The van der Waals surface area contributed by atoms with E-state index in [2.05, 4.69) is 11.9 Å². The van der Waals surface area contributed by atoms with Crippen LogP contribution in [0.15, 0.2) is 34.4 Å². The Kier molecular flexibility index (Phi) is 4.14. The van der Waals surface area contributed by atoms with Crippen molar-refractivity contribution >= 4 is 31.0 Å². The zero-order valence-electron chi connectivity index (χ0n) is 10.2. The van der Waals surface area contributed by atoms with Crippen molar-refractivity contribution in [3.8, 4) is 0 Å². The number of hydrogen-bond acceptors (Lipinski definition) is 6. The fourth-order valence-corrected chi connectivity index (χ4v) is 8.06. The van der Waals surface area contributed by atoms with Crippen molar-refractivity contribution in [1.29, 1.82) is 0 Å². The predicted octanol–water partition coefficient (Wildman–Crippen LogP) is 0.463. The molecule has 106 valence electrons. The Balaban J connectivity index is 2.33. The van der Waals surface area contributed by atoms with Gasteiger partial charge in [-0.05, 0) is 11.4 Å². The summed E-state index contributed by atoms with van der Waals surface area (Å²) in [6.07, 6.45) is 1.58. The van der Waals surface area contributed by atoms with Gasteiger partial charge in [0.25, 0.3) is 0 Å². The Labute approximate surface area is 117 Å². The molecule has 1 aliphatic heterocycles. The summed E-state index contributed by atoms with van der Waals surface area (Å²) < 4.78 is 48.5. The van der Waals surface area contributed by atoms with Gasteiger partial charge < -0.3 is 5.32 Å². The molecule has 0 radical (unpaired) electrons. The number of thiophene rings is 1. The molecule has 0 aliphatic carbocycles. The monoisotopic (exact) mass is 321 g/mol. The summed E-state index contributed by atoms with van der Waals surface area (Å²) in [5.74, 6) is -0.460. The van der Waals surface area contributed by atoms with Crippen LogP contribution in [0.2, 0.25) is 0 Å². The molecule has 1 aliphatic rings. The van der Waals surface area contributed by atoms with E-state index in [9.17, 15) is 16.8 Å². The molecule has 0 aromatic carbocycles. The van der Waals surface area contributed by atoms with Gasteiger partial charge in [0.05, 0.1) is 16.8 Å². The summed E-state index contributed by atoms with van der Waals surface area (Å²) in [6, 6.07) is 2.58. The Morgan fingerprint density at radius 1 is 1.47 bits per heavy atom. The SMILES string of the molecule is C=CCNC1CS(=O)(=O)CC1S(=O)(=O)c1cccs1. The zero-order valence-corrected chi connectivity index (χ0v) is 12.6. The summed E-state index contributed by atoms with van der Waals surface area (Å²) in [5.41, 5.74) is 0. The van der Waals surface area contributed by atoms with E-state index in [0.29, 0.717) is 6.54 Å². The maximum absolute atomic E-state index is 12.4. The number of rotatable bonds is 5. The third-order valence-electron chi connectivity index (χ3n) is 3.00. The molecule has 1 aromatic heterocycles. The number of hydrogen-bond donors (Lipinski definition) is 1. The topological polar surface area (TPSA) is 80.3 Å². The third-order valence-corrected chi connectivity index (χ3v) is 8.58. The molecule has 2 unspecified atom stereocenters. The van der Waals surface area contributed by atoms with Gasteiger partial charge in [-0.3, -0.25) is 0 Å². The van der Waals surface area contributed by atoms with Crippen LogP contribution in [0.4, 0.5) is 0 Å². The van der Waals surface area contributed by atoms with E-state index in [1.54, 1.807) is 17.5 Å². The van der Waals surface area contributed by atoms with Crippen LogP contribution in [-0.4, -0.2) is 46.2 Å². The van der Waals surface area contributed by atoms with Crippen LogP contribution in [0.3, 0.4) is 0 Å². The molecule has 8 heteroatoms. The molecule has 0 spiro atoms. The molecule has 19 heavy (non-hydrogen) atoms. The fourth-order valence-electron chi connectivity index (χ4n) is 2.12. The minimum Gasteiger partial charge on any atom is -0.308 e. The summed E-state index contributed by atoms with van der Waals surface area (Å²) in [6.45, 7) is 3.92. The normalized spacial score (nSPS) is 26.3. The van der Waals surface area contributed by atoms with Crippen molar-refractivity contribution in [2.45, 2.75) is 15.5 Å². The average Bonchev–Trinajstić information content (AvgIpc) is 2.94. The lowest BCUT2D eigenvalue weighted by Gasteiger charge is -2.18. The molecule has 2 heterocycles. The van der Waals surface area contributed by atoms with Gasteiger partial charge in [0.15, 0.2) is 19.7 Å². The van der Waals surface area contributed by atoms with Gasteiger partial charge in [-0.15, -0.1) is 17.9 Å². The van der Waals surface area contributed by atoms with Gasteiger partial charge in [-0.2, -0.15) is 0 Å². The predicted molar refractivity (Wildman–Crippen MR) is 75.9 cm³/mol. The highest BCUT2D eigenvalue weighted by molar-refractivity contribution is 7.97. The van der Waals surface area contributed by atoms with Crippen molar-refractivity contribution in [3.63, 3.8) is 0 Å². The first-order valence-corrected chi connectivity index (χ1v) is 9.93. The van der Waals surface area contributed by atoms with Crippen molar-refractivity contribution in [2.24, 2.45) is 0 Å². The van der Waals surface area contributed by atoms with Gasteiger partial charge in [-0.25, -0.2) is 16.8 Å². The van der Waals surface area contributed by atoms with Crippen LogP contribution in [-0.2, 0) is 19.7 Å². The van der Waals surface area contributed by atoms with Crippen LogP contribution in [0, 0.1) is 0 Å². The first-order chi connectivity index (χ1) is 8.87. The summed E-state index contributed by atoms with van der Waals surface area (Å²) in [5, 5.41) is 3.68. The maximum atomic E-state index is 12.4. The second kappa shape index (κ2) is 5.35. The quantitative estimate of drug-likeness (QED) is 0.797. The van der Waals surface area contributed by atoms with Crippen molar-refractivity contribution in [1.82, 2.24) is 5.32 Å². The largest absolute Gasteiger partial charge is 0.308 e. The summed E-state index contributed by atoms with van der Waals surface area (Å²) in [4.78, 5) is 0. The van der Waals surface area contributed by atoms with Crippen molar-refractivity contribution < 1.29 is 16.8 Å². The fraction of sp³-hybridized carbons (Fsp3) is 0.455. The lowest BCUT2D eigenvalue weighted by molar-refractivity contribution is 0.545. The molecule has 1 fully saturated rings. The highest BCUT2D eigenvalue weighted by Crippen LogP contribution is 2.28. The maximum Gasteiger partial charge on any atom is 0.193 e. The van der Waals surface area contributed by atoms with Crippen LogP contribution < -0.4 is 5.32 Å². The second-order valence-corrected chi connectivity index (χ2v) is 9.89. The van der Waals surface area contributed by atoms with Crippen LogP contribution in [0.1, 0.15) is 0 Å². The molecular formula is C11H15NO4S3. The molecule has 0 amide bonds. The first kappa shape index (κ1) is 14.7. The van der Waals surface area contributed by atoms with Gasteiger partial charge >= 0.3 is 0 Å². The average molecular weight is 321 g/mol. The molecule has 2 rings (SSSR count). The lowest BCUT2D eigenvalue weighted by atomic mass is 10.2. The summed E-state index contributed by atoms with van der Waals surface area (Å²) >= 11 is 1.11. The molecule has 1 saturated heterocycles. The van der Waals surface area contributed by atoms with Crippen LogP contribution in [0.5, 0.6) is 0 Å². The minimum atomic E-state index is -3.60. The first-order valence-electron chi connectivity index (χ1n) is 5.69.